The smallest absolute Gasteiger partial charge is 0.220 e. The number of aliphatic imine (C=N–C) groups is 1. The Kier molecular flexibility index (Phi) is 3.60. The zero-order valence-electron chi connectivity index (χ0n) is 12.8. The molecule has 5 heteroatoms. The number of aryl methyl sites for hydroxylation is 1. The summed E-state index contributed by atoms with van der Waals surface area (Å²) in [5.74, 6) is 0.555. The summed E-state index contributed by atoms with van der Waals surface area (Å²) in [6.45, 7) is 0. The van der Waals surface area contributed by atoms with Gasteiger partial charge in [0.05, 0.1) is 5.54 Å². The van der Waals surface area contributed by atoms with Crippen molar-refractivity contribution < 1.29 is 4.39 Å². The van der Waals surface area contributed by atoms with Gasteiger partial charge in [-0.2, -0.15) is 4.39 Å². The van der Waals surface area contributed by atoms with Gasteiger partial charge >= 0.3 is 0 Å². The van der Waals surface area contributed by atoms with Crippen molar-refractivity contribution in [3.8, 4) is 11.1 Å². The summed E-state index contributed by atoms with van der Waals surface area (Å²) in [5, 5.41) is 0.669. The molecule has 0 bridgehead atoms. The first-order chi connectivity index (χ1) is 11.2. The first-order valence-electron chi connectivity index (χ1n) is 7.90. The van der Waals surface area contributed by atoms with E-state index in [0.717, 1.165) is 37.0 Å². The van der Waals surface area contributed by atoms with Crippen LogP contribution in [0.3, 0.4) is 0 Å². The molecule has 2 aliphatic rings. The molecule has 1 aliphatic heterocycles. The van der Waals surface area contributed by atoms with Gasteiger partial charge in [-0.15, -0.1) is 0 Å². The van der Waals surface area contributed by atoms with Crippen LogP contribution in [-0.2, 0) is 12.0 Å². The molecule has 1 aromatic heterocycles. The topological polar surface area (TPSA) is 51.3 Å². The fourth-order valence-electron chi connectivity index (χ4n) is 3.70. The van der Waals surface area contributed by atoms with Gasteiger partial charge in [0.25, 0.3) is 0 Å². The van der Waals surface area contributed by atoms with E-state index in [0.29, 0.717) is 10.7 Å². The minimum absolute atomic E-state index is 0.225. The zero-order valence-corrected chi connectivity index (χ0v) is 13.6. The summed E-state index contributed by atoms with van der Waals surface area (Å²) in [4.78, 5) is 8.59. The van der Waals surface area contributed by atoms with E-state index in [9.17, 15) is 4.39 Å². The third-order valence-corrected chi connectivity index (χ3v) is 5.60. The molecule has 0 radical (unpaired) electrons. The molecule has 2 heterocycles. The van der Waals surface area contributed by atoms with Crippen LogP contribution < -0.4 is 5.73 Å². The Bertz CT molecular complexity index is 790. The molecule has 0 saturated heterocycles. The number of nitrogens with zero attached hydrogens (tertiary/aromatic N) is 2. The van der Waals surface area contributed by atoms with E-state index >= 15 is 0 Å². The van der Waals surface area contributed by atoms with E-state index in [4.69, 9.17) is 10.7 Å². The summed E-state index contributed by atoms with van der Waals surface area (Å²) < 4.78 is 14.0. The quantitative estimate of drug-likeness (QED) is 0.809. The molecule has 3 nitrogen and oxygen atoms in total. The van der Waals surface area contributed by atoms with Gasteiger partial charge < -0.3 is 5.73 Å². The van der Waals surface area contributed by atoms with Crippen LogP contribution in [0.5, 0.6) is 0 Å². The van der Waals surface area contributed by atoms with Crippen LogP contribution in [0.15, 0.2) is 41.5 Å². The maximum Gasteiger partial charge on any atom is 0.220 e. The Labute approximate surface area is 139 Å². The van der Waals surface area contributed by atoms with Crippen LogP contribution in [0.4, 0.5) is 4.39 Å². The molecule has 1 unspecified atom stereocenters. The summed E-state index contributed by atoms with van der Waals surface area (Å²) in [5.41, 5.74) is 9.72. The molecule has 0 saturated carbocycles. The number of aromatic nitrogens is 1. The van der Waals surface area contributed by atoms with Gasteiger partial charge in [-0.3, -0.25) is 4.99 Å². The van der Waals surface area contributed by atoms with Gasteiger partial charge in [0.2, 0.25) is 5.95 Å². The normalized spacial score (nSPS) is 23.4. The Morgan fingerprint density at radius 1 is 1.22 bits per heavy atom. The molecule has 0 amide bonds. The molecule has 0 fully saturated rings. The van der Waals surface area contributed by atoms with Crippen LogP contribution in [0.1, 0.15) is 30.4 Å². The highest BCUT2D eigenvalue weighted by atomic mass is 32.2. The SMILES string of the molecule is NC1=NC2(CCCc3ccc(-c4cccnc4F)cc32)CCS1. The lowest BCUT2D eigenvalue weighted by Crippen LogP contribution is -2.35. The minimum atomic E-state index is -0.431. The molecule has 1 aliphatic carbocycles. The standard InChI is InChI=1S/C18H18FN3S/c19-16-14(4-2-9-21-16)13-6-5-12-3-1-7-18(15(12)11-13)8-10-23-17(20)22-18/h2,4-6,9,11H,1,3,7-8,10H2,(H2,20,22). The minimum Gasteiger partial charge on any atom is -0.379 e. The van der Waals surface area contributed by atoms with Gasteiger partial charge in [0.1, 0.15) is 0 Å². The molecular formula is C18H18FN3S. The highest BCUT2D eigenvalue weighted by Gasteiger charge is 2.38. The second kappa shape index (κ2) is 5.64. The van der Waals surface area contributed by atoms with Crippen molar-refractivity contribution in [2.24, 2.45) is 10.7 Å². The van der Waals surface area contributed by atoms with Crippen molar-refractivity contribution in [2.45, 2.75) is 31.2 Å². The molecule has 118 valence electrons. The first kappa shape index (κ1) is 14.7. The Hall–Kier alpha value is -1.88. The maximum atomic E-state index is 14.0. The van der Waals surface area contributed by atoms with E-state index in [-0.39, 0.29) is 5.54 Å². The van der Waals surface area contributed by atoms with E-state index in [2.05, 4.69) is 17.1 Å². The summed E-state index contributed by atoms with van der Waals surface area (Å²) in [7, 11) is 0. The van der Waals surface area contributed by atoms with Crippen LogP contribution in [0.25, 0.3) is 11.1 Å². The average Bonchev–Trinajstić information content (AvgIpc) is 2.56. The van der Waals surface area contributed by atoms with Crippen molar-refractivity contribution in [3.63, 3.8) is 0 Å². The molecule has 4 rings (SSSR count). The zero-order chi connectivity index (χ0) is 15.9. The lowest BCUT2D eigenvalue weighted by atomic mass is 9.74. The average molecular weight is 327 g/mol. The lowest BCUT2D eigenvalue weighted by Gasteiger charge is -2.38. The third kappa shape index (κ3) is 2.53. The fourth-order valence-corrected chi connectivity index (χ4v) is 4.59. The summed E-state index contributed by atoms with van der Waals surface area (Å²) in [6.07, 6.45) is 5.65. The van der Waals surface area contributed by atoms with Gasteiger partial charge in [-0.25, -0.2) is 4.98 Å². The van der Waals surface area contributed by atoms with Gasteiger partial charge in [0, 0.05) is 17.5 Å². The van der Waals surface area contributed by atoms with Gasteiger partial charge in [-0.1, -0.05) is 23.9 Å². The monoisotopic (exact) mass is 327 g/mol. The number of rotatable bonds is 1. The van der Waals surface area contributed by atoms with Crippen molar-refractivity contribution in [3.05, 3.63) is 53.6 Å². The molecule has 2 aromatic rings. The number of thioether (sulfide) groups is 1. The number of fused-ring (bicyclic) bond motifs is 2. The number of amidine groups is 1. The van der Waals surface area contributed by atoms with Gasteiger partial charge in [-0.05, 0) is 60.6 Å². The fraction of sp³-hybridized carbons (Fsp3) is 0.333. The van der Waals surface area contributed by atoms with Crippen LogP contribution in [-0.4, -0.2) is 15.9 Å². The highest BCUT2D eigenvalue weighted by molar-refractivity contribution is 8.13. The van der Waals surface area contributed by atoms with Crippen LogP contribution in [0, 0.1) is 5.95 Å². The number of hydrogen-bond acceptors (Lipinski definition) is 4. The molecule has 2 N–H and O–H groups in total. The number of hydrogen-bond donors (Lipinski definition) is 1. The van der Waals surface area contributed by atoms with Crippen LogP contribution in [0.2, 0.25) is 0 Å². The van der Waals surface area contributed by atoms with E-state index in [1.54, 1.807) is 23.9 Å². The van der Waals surface area contributed by atoms with E-state index < -0.39 is 5.95 Å². The number of halogens is 1. The molecule has 1 aromatic carbocycles. The highest BCUT2D eigenvalue weighted by Crippen LogP contribution is 2.45. The molecule has 1 spiro atoms. The summed E-state index contributed by atoms with van der Waals surface area (Å²) in [6, 6.07) is 9.74. The van der Waals surface area contributed by atoms with Crippen LogP contribution >= 0.6 is 11.8 Å². The first-order valence-corrected chi connectivity index (χ1v) is 8.89. The third-order valence-electron chi connectivity index (χ3n) is 4.81. The molecule has 23 heavy (non-hydrogen) atoms. The second-order valence-electron chi connectivity index (χ2n) is 6.15. The Morgan fingerprint density at radius 2 is 2.13 bits per heavy atom. The Balaban J connectivity index is 1.87. The maximum absolute atomic E-state index is 14.0. The number of nitrogens with two attached hydrogens (primary N) is 1. The van der Waals surface area contributed by atoms with Crippen molar-refractivity contribution in [1.82, 2.24) is 4.98 Å². The second-order valence-corrected chi connectivity index (χ2v) is 7.26. The van der Waals surface area contributed by atoms with Crippen molar-refractivity contribution in [2.75, 3.05) is 5.75 Å². The number of benzene rings is 1. The largest absolute Gasteiger partial charge is 0.379 e. The van der Waals surface area contributed by atoms with E-state index in [1.807, 2.05) is 6.07 Å². The van der Waals surface area contributed by atoms with Crippen molar-refractivity contribution in [1.29, 1.82) is 0 Å². The number of pyridine rings is 1. The molecular weight excluding hydrogens is 309 g/mol. The predicted molar refractivity (Wildman–Crippen MR) is 92.9 cm³/mol. The molecule has 1 atom stereocenters. The summed E-state index contributed by atoms with van der Waals surface area (Å²) >= 11 is 1.62. The van der Waals surface area contributed by atoms with Gasteiger partial charge in [0.15, 0.2) is 5.17 Å². The van der Waals surface area contributed by atoms with E-state index in [1.165, 1.54) is 17.3 Å². The van der Waals surface area contributed by atoms with Crippen molar-refractivity contribution >= 4 is 16.9 Å². The predicted octanol–water partition coefficient (Wildman–Crippen LogP) is 3.87. The Morgan fingerprint density at radius 3 is 2.96 bits per heavy atom. The lowest BCUT2D eigenvalue weighted by molar-refractivity contribution is 0.364.